The van der Waals surface area contributed by atoms with Gasteiger partial charge in [0.2, 0.25) is 0 Å². The molecule has 0 fully saturated rings. The van der Waals surface area contributed by atoms with Crippen LogP contribution in [-0.4, -0.2) is 21.8 Å². The number of hydrogen-bond donors (Lipinski definition) is 0. The third-order valence-corrected chi connectivity index (χ3v) is 6.02. The van der Waals surface area contributed by atoms with Crippen LogP contribution in [0.2, 0.25) is 12.6 Å². The Bertz CT molecular complexity index is 572. The first-order valence-corrected chi connectivity index (χ1v) is 10.8. The average molecular weight is 343 g/mol. The molecule has 0 aromatic heterocycles. The van der Waals surface area contributed by atoms with Crippen LogP contribution >= 0.6 is 0 Å². The number of rotatable bonds is 10. The fraction of sp³-hybridized carbons (Fsp3) is 0.300. The van der Waals surface area contributed by atoms with E-state index in [4.69, 9.17) is 13.6 Å². The Hall–Kier alpha value is -2.04. The lowest BCUT2D eigenvalue weighted by atomic mass is 10.3. The average Bonchev–Trinajstić information content (AvgIpc) is 2.56. The highest BCUT2D eigenvalue weighted by Crippen LogP contribution is 2.24. The van der Waals surface area contributed by atoms with Crippen molar-refractivity contribution in [3.05, 3.63) is 72.8 Å². The van der Waals surface area contributed by atoms with E-state index in [0.29, 0.717) is 13.2 Å². The van der Waals surface area contributed by atoms with Gasteiger partial charge in [0, 0.05) is 19.2 Å². The van der Waals surface area contributed by atoms with E-state index in [9.17, 15) is 0 Å². The van der Waals surface area contributed by atoms with E-state index in [-0.39, 0.29) is 0 Å². The van der Waals surface area contributed by atoms with Crippen molar-refractivity contribution in [1.82, 2.24) is 0 Å². The van der Waals surface area contributed by atoms with Crippen LogP contribution in [0.25, 0.3) is 0 Å². The SMILES string of the molecule is C=C(C)COCCC[Si](C)(Oc1ccccc1)Oc1ccccc1. The number of para-hydroxylation sites is 2. The zero-order valence-electron chi connectivity index (χ0n) is 14.5. The molecule has 2 aromatic carbocycles. The Labute approximate surface area is 146 Å². The lowest BCUT2D eigenvalue weighted by Gasteiger charge is -2.28. The van der Waals surface area contributed by atoms with Gasteiger partial charge in [-0.1, -0.05) is 48.6 Å². The fourth-order valence-corrected chi connectivity index (χ4v) is 4.64. The smallest absolute Gasteiger partial charge is 0.457 e. The second-order valence-corrected chi connectivity index (χ2v) is 9.25. The molecule has 0 heterocycles. The van der Waals surface area contributed by atoms with Crippen molar-refractivity contribution < 1.29 is 13.6 Å². The van der Waals surface area contributed by atoms with Crippen molar-refractivity contribution in [3.8, 4) is 11.5 Å². The minimum atomic E-state index is -2.41. The highest BCUT2D eigenvalue weighted by molar-refractivity contribution is 6.67. The molecule has 0 amide bonds. The molecular formula is C20H26O3Si. The molecule has 0 aliphatic carbocycles. The third-order valence-electron chi connectivity index (χ3n) is 3.42. The summed E-state index contributed by atoms with van der Waals surface area (Å²) in [4.78, 5) is 0. The molecule has 0 radical (unpaired) electrons. The highest BCUT2D eigenvalue weighted by Gasteiger charge is 2.35. The lowest BCUT2D eigenvalue weighted by Crippen LogP contribution is -2.45. The molecule has 0 unspecified atom stereocenters. The third kappa shape index (κ3) is 6.60. The molecule has 0 atom stereocenters. The van der Waals surface area contributed by atoms with E-state index in [2.05, 4.69) is 13.1 Å². The molecule has 0 aliphatic heterocycles. The Morgan fingerprint density at radius 2 is 1.42 bits per heavy atom. The molecule has 2 aromatic rings. The van der Waals surface area contributed by atoms with Gasteiger partial charge in [-0.25, -0.2) is 0 Å². The van der Waals surface area contributed by atoms with Crippen molar-refractivity contribution in [1.29, 1.82) is 0 Å². The molecule has 24 heavy (non-hydrogen) atoms. The van der Waals surface area contributed by atoms with Crippen molar-refractivity contribution in [2.24, 2.45) is 0 Å². The van der Waals surface area contributed by atoms with E-state index < -0.39 is 8.56 Å². The van der Waals surface area contributed by atoms with Gasteiger partial charge >= 0.3 is 8.56 Å². The van der Waals surface area contributed by atoms with Gasteiger partial charge in [-0.15, -0.1) is 0 Å². The molecule has 0 spiro atoms. The molecule has 128 valence electrons. The summed E-state index contributed by atoms with van der Waals surface area (Å²) < 4.78 is 18.2. The molecule has 0 N–H and O–H groups in total. The van der Waals surface area contributed by atoms with E-state index in [1.807, 2.05) is 67.6 Å². The summed E-state index contributed by atoms with van der Waals surface area (Å²) in [7, 11) is -2.41. The summed E-state index contributed by atoms with van der Waals surface area (Å²) >= 11 is 0. The van der Waals surface area contributed by atoms with Crippen molar-refractivity contribution in [2.75, 3.05) is 13.2 Å². The minimum Gasteiger partial charge on any atom is -0.512 e. The quantitative estimate of drug-likeness (QED) is 0.337. The van der Waals surface area contributed by atoms with Crippen LogP contribution in [-0.2, 0) is 4.74 Å². The lowest BCUT2D eigenvalue weighted by molar-refractivity contribution is 0.155. The van der Waals surface area contributed by atoms with Crippen LogP contribution in [0.4, 0.5) is 0 Å². The van der Waals surface area contributed by atoms with Gasteiger partial charge < -0.3 is 13.6 Å². The Kier molecular flexibility index (Phi) is 7.09. The predicted octanol–water partition coefficient (Wildman–Crippen LogP) is 5.20. The van der Waals surface area contributed by atoms with Gasteiger partial charge in [-0.05, 0) is 37.6 Å². The van der Waals surface area contributed by atoms with Gasteiger partial charge in [-0.2, -0.15) is 0 Å². The molecule has 4 heteroatoms. The normalized spacial score (nSPS) is 11.1. The van der Waals surface area contributed by atoms with Crippen LogP contribution in [0.5, 0.6) is 11.5 Å². The number of ether oxygens (including phenoxy) is 1. The molecule has 0 bridgehead atoms. The first kappa shape index (κ1) is 18.3. The number of hydrogen-bond acceptors (Lipinski definition) is 3. The maximum atomic E-state index is 6.28. The monoisotopic (exact) mass is 342 g/mol. The summed E-state index contributed by atoms with van der Waals surface area (Å²) in [6.07, 6.45) is 0.898. The first-order chi connectivity index (χ1) is 11.6. The second-order valence-electron chi connectivity index (χ2n) is 6.08. The van der Waals surface area contributed by atoms with Gasteiger partial charge in [0.1, 0.15) is 11.5 Å². The van der Waals surface area contributed by atoms with Crippen molar-refractivity contribution >= 4 is 8.56 Å². The van der Waals surface area contributed by atoms with Crippen molar-refractivity contribution in [3.63, 3.8) is 0 Å². The summed E-state index contributed by atoms with van der Waals surface area (Å²) in [6, 6.07) is 20.6. The molecule has 0 saturated heterocycles. The Morgan fingerprint density at radius 3 is 1.88 bits per heavy atom. The Balaban J connectivity index is 1.98. The summed E-state index contributed by atoms with van der Waals surface area (Å²) in [5.74, 6) is 1.70. The van der Waals surface area contributed by atoms with Gasteiger partial charge in [0.05, 0.1) is 6.61 Å². The van der Waals surface area contributed by atoms with Crippen LogP contribution in [0, 0.1) is 0 Å². The number of benzene rings is 2. The van der Waals surface area contributed by atoms with Gasteiger partial charge in [0.15, 0.2) is 0 Å². The van der Waals surface area contributed by atoms with Crippen molar-refractivity contribution in [2.45, 2.75) is 25.9 Å². The Morgan fingerprint density at radius 1 is 0.917 bits per heavy atom. The molecular weight excluding hydrogens is 316 g/mol. The van der Waals surface area contributed by atoms with Crippen LogP contribution < -0.4 is 8.85 Å². The minimum absolute atomic E-state index is 0.608. The summed E-state index contributed by atoms with van der Waals surface area (Å²) in [5, 5.41) is 0. The van der Waals surface area contributed by atoms with Gasteiger partial charge in [-0.3, -0.25) is 0 Å². The van der Waals surface area contributed by atoms with E-state index >= 15 is 0 Å². The molecule has 2 rings (SSSR count). The summed E-state index contributed by atoms with van der Waals surface area (Å²) in [5.41, 5.74) is 1.04. The van der Waals surface area contributed by atoms with Crippen LogP contribution in [0.1, 0.15) is 13.3 Å². The maximum Gasteiger partial charge on any atom is 0.457 e. The topological polar surface area (TPSA) is 27.7 Å². The zero-order valence-corrected chi connectivity index (χ0v) is 15.5. The molecule has 0 aliphatic rings. The largest absolute Gasteiger partial charge is 0.512 e. The summed E-state index contributed by atoms with van der Waals surface area (Å²) in [6.45, 7) is 9.21. The van der Waals surface area contributed by atoms with E-state index in [1.165, 1.54) is 0 Å². The van der Waals surface area contributed by atoms with E-state index in [0.717, 1.165) is 29.5 Å². The fourth-order valence-electron chi connectivity index (χ4n) is 2.34. The first-order valence-electron chi connectivity index (χ1n) is 8.28. The molecule has 3 nitrogen and oxygen atoms in total. The highest BCUT2D eigenvalue weighted by atomic mass is 28.4. The zero-order chi connectivity index (χ0) is 17.3. The standard InChI is InChI=1S/C20H26O3Si/c1-18(2)17-21-15-10-16-24(3,22-19-11-6-4-7-12-19)23-20-13-8-5-9-14-20/h4-9,11-14H,1,10,15-17H2,2-3H3. The van der Waals surface area contributed by atoms with E-state index in [1.54, 1.807) is 0 Å². The van der Waals surface area contributed by atoms with Gasteiger partial charge in [0.25, 0.3) is 0 Å². The van der Waals surface area contributed by atoms with Crippen LogP contribution in [0.3, 0.4) is 0 Å². The van der Waals surface area contributed by atoms with Crippen LogP contribution in [0.15, 0.2) is 72.8 Å². The molecule has 0 saturated carbocycles. The predicted molar refractivity (Wildman–Crippen MR) is 101 cm³/mol. The maximum absolute atomic E-state index is 6.28. The second kappa shape index (κ2) is 9.30.